The number of hydrogen-bond acceptors (Lipinski definition) is 6. The Labute approximate surface area is 93.8 Å². The number of nitrogens with zero attached hydrogens (tertiary/aromatic N) is 4. The molecule has 0 aliphatic rings. The quantitative estimate of drug-likeness (QED) is 0.594. The smallest absolute Gasteiger partial charge is 0.420 e. The Kier molecular flexibility index (Phi) is 3.36. The Bertz CT molecular complexity index is 481. The summed E-state index contributed by atoms with van der Waals surface area (Å²) < 4.78 is 0.728. The van der Waals surface area contributed by atoms with Crippen LogP contribution in [0.25, 0.3) is 0 Å². The van der Waals surface area contributed by atoms with Crippen molar-refractivity contribution in [1.82, 2.24) is 9.78 Å². The molecule has 1 aromatic rings. The van der Waals surface area contributed by atoms with E-state index < -0.39 is 39.9 Å². The molecule has 0 aromatic carbocycles. The maximum Gasteiger partial charge on any atom is 0.420 e. The average molecular weight is 244 g/mol. The molecule has 0 fully saturated rings. The van der Waals surface area contributed by atoms with Crippen molar-refractivity contribution in [3.8, 4) is 0 Å². The van der Waals surface area contributed by atoms with Crippen molar-refractivity contribution in [1.29, 1.82) is 0 Å². The first-order valence-electron chi connectivity index (χ1n) is 4.43. The summed E-state index contributed by atoms with van der Waals surface area (Å²) in [5.41, 5.74) is 0. The van der Waals surface area contributed by atoms with Crippen LogP contribution in [0.5, 0.6) is 0 Å². The summed E-state index contributed by atoms with van der Waals surface area (Å²) in [6.45, 7) is 1.37. The van der Waals surface area contributed by atoms with Crippen LogP contribution in [0, 0.1) is 20.2 Å². The van der Waals surface area contributed by atoms with Gasteiger partial charge in [-0.15, -0.1) is 0 Å². The highest BCUT2D eigenvalue weighted by molar-refractivity contribution is 5.67. The topological polar surface area (TPSA) is 141 Å². The SMILES string of the molecule is CC(CC(=O)O)n1nc([N+](=O)[O-])cc1[N+](=O)[O-]. The molecule has 1 unspecified atom stereocenters. The molecule has 0 amide bonds. The van der Waals surface area contributed by atoms with Gasteiger partial charge in [0, 0.05) is 0 Å². The lowest BCUT2D eigenvalue weighted by Gasteiger charge is -2.01. The minimum Gasteiger partial charge on any atom is -0.481 e. The average Bonchev–Trinajstić information content (AvgIpc) is 2.60. The van der Waals surface area contributed by atoms with Crippen LogP contribution >= 0.6 is 0 Å². The first kappa shape index (κ1) is 12.5. The number of carbonyl (C=O) groups is 1. The molecule has 92 valence electrons. The van der Waals surface area contributed by atoms with Crippen LogP contribution in [0.3, 0.4) is 0 Å². The van der Waals surface area contributed by atoms with Gasteiger partial charge in [0.2, 0.25) is 0 Å². The van der Waals surface area contributed by atoms with Crippen molar-refractivity contribution < 1.29 is 19.7 Å². The molecule has 0 radical (unpaired) electrons. The third kappa shape index (κ3) is 2.74. The number of carboxylic acid groups (broad SMARTS) is 1. The lowest BCUT2D eigenvalue weighted by molar-refractivity contribution is -0.395. The van der Waals surface area contributed by atoms with Crippen LogP contribution in [0.4, 0.5) is 11.6 Å². The van der Waals surface area contributed by atoms with Gasteiger partial charge in [-0.2, -0.15) is 0 Å². The first-order chi connectivity index (χ1) is 7.82. The largest absolute Gasteiger partial charge is 0.481 e. The molecule has 0 bridgehead atoms. The first-order valence-corrected chi connectivity index (χ1v) is 4.43. The molecular formula is C7H8N4O6. The fraction of sp³-hybridized carbons (Fsp3) is 0.429. The second-order valence-electron chi connectivity index (χ2n) is 3.27. The van der Waals surface area contributed by atoms with E-state index in [2.05, 4.69) is 5.10 Å². The molecule has 0 saturated carbocycles. The number of hydrogen-bond donors (Lipinski definition) is 1. The number of carboxylic acids is 1. The van der Waals surface area contributed by atoms with Gasteiger partial charge in [-0.25, -0.2) is 0 Å². The zero-order valence-corrected chi connectivity index (χ0v) is 8.64. The van der Waals surface area contributed by atoms with E-state index in [9.17, 15) is 25.0 Å². The van der Waals surface area contributed by atoms with E-state index in [0.29, 0.717) is 6.07 Å². The van der Waals surface area contributed by atoms with Gasteiger partial charge in [-0.3, -0.25) is 4.79 Å². The van der Waals surface area contributed by atoms with E-state index in [0.717, 1.165) is 4.68 Å². The van der Waals surface area contributed by atoms with E-state index in [1.54, 1.807) is 0 Å². The van der Waals surface area contributed by atoms with Crippen LogP contribution < -0.4 is 0 Å². The normalized spacial score (nSPS) is 12.1. The summed E-state index contributed by atoms with van der Waals surface area (Å²) in [4.78, 5) is 29.8. The Hall–Kier alpha value is -2.52. The second kappa shape index (κ2) is 4.55. The number of nitro groups is 2. The molecule has 17 heavy (non-hydrogen) atoms. The van der Waals surface area contributed by atoms with Gasteiger partial charge in [0.05, 0.1) is 6.42 Å². The monoisotopic (exact) mass is 244 g/mol. The van der Waals surface area contributed by atoms with Gasteiger partial charge < -0.3 is 25.3 Å². The summed E-state index contributed by atoms with van der Waals surface area (Å²) in [5.74, 6) is -2.47. The molecule has 10 nitrogen and oxygen atoms in total. The fourth-order valence-electron chi connectivity index (χ4n) is 1.26. The molecule has 1 rings (SSSR count). The Morgan fingerprint density at radius 2 is 2.12 bits per heavy atom. The van der Waals surface area contributed by atoms with E-state index in [1.165, 1.54) is 6.92 Å². The minimum absolute atomic E-state index is 0.417. The Morgan fingerprint density at radius 3 is 2.53 bits per heavy atom. The maximum absolute atomic E-state index is 10.6. The lowest BCUT2D eigenvalue weighted by Crippen LogP contribution is -2.14. The Morgan fingerprint density at radius 1 is 1.53 bits per heavy atom. The van der Waals surface area contributed by atoms with E-state index in [1.807, 2.05) is 0 Å². The van der Waals surface area contributed by atoms with E-state index in [-0.39, 0.29) is 0 Å². The molecule has 0 aliphatic carbocycles. The predicted octanol–water partition coefficient (Wildman–Crippen LogP) is 0.735. The molecule has 0 spiro atoms. The van der Waals surface area contributed by atoms with Crippen molar-refractivity contribution >= 4 is 17.6 Å². The molecule has 1 N–H and O–H groups in total. The fourth-order valence-corrected chi connectivity index (χ4v) is 1.26. The van der Waals surface area contributed by atoms with Gasteiger partial charge in [0.15, 0.2) is 6.04 Å². The minimum atomic E-state index is -1.18. The summed E-state index contributed by atoms with van der Waals surface area (Å²) in [6.07, 6.45) is -0.417. The zero-order chi connectivity index (χ0) is 13.2. The van der Waals surface area contributed by atoms with Gasteiger partial charge in [0.25, 0.3) is 0 Å². The van der Waals surface area contributed by atoms with Crippen molar-refractivity contribution in [3.63, 3.8) is 0 Å². The molecule has 1 atom stereocenters. The molecule has 10 heteroatoms. The summed E-state index contributed by atoms with van der Waals surface area (Å²) in [6, 6.07) is -0.153. The Balaban J connectivity index is 3.16. The molecule has 1 aromatic heterocycles. The highest BCUT2D eigenvalue weighted by atomic mass is 16.6. The van der Waals surface area contributed by atoms with Crippen LogP contribution in [-0.4, -0.2) is 30.7 Å². The van der Waals surface area contributed by atoms with Crippen LogP contribution in [0.15, 0.2) is 6.07 Å². The second-order valence-corrected chi connectivity index (χ2v) is 3.27. The predicted molar refractivity (Wildman–Crippen MR) is 52.5 cm³/mol. The van der Waals surface area contributed by atoms with Gasteiger partial charge >= 0.3 is 17.6 Å². The number of aromatic nitrogens is 2. The molecular weight excluding hydrogens is 236 g/mol. The van der Waals surface area contributed by atoms with Crippen molar-refractivity contribution in [2.45, 2.75) is 19.4 Å². The zero-order valence-electron chi connectivity index (χ0n) is 8.64. The van der Waals surface area contributed by atoms with Gasteiger partial charge in [-0.1, -0.05) is 0 Å². The highest BCUT2D eigenvalue weighted by Crippen LogP contribution is 2.24. The third-order valence-corrected chi connectivity index (χ3v) is 1.96. The highest BCUT2D eigenvalue weighted by Gasteiger charge is 2.32. The third-order valence-electron chi connectivity index (χ3n) is 1.96. The summed E-state index contributed by atoms with van der Waals surface area (Å²) >= 11 is 0. The van der Waals surface area contributed by atoms with Crippen molar-refractivity contribution in [3.05, 3.63) is 26.3 Å². The van der Waals surface area contributed by atoms with Gasteiger partial charge in [-0.05, 0) is 21.5 Å². The number of aliphatic carboxylic acids is 1. The number of rotatable bonds is 5. The van der Waals surface area contributed by atoms with Crippen LogP contribution in [0.2, 0.25) is 0 Å². The molecule has 1 heterocycles. The molecule has 0 aliphatic heterocycles. The lowest BCUT2D eigenvalue weighted by atomic mass is 10.2. The van der Waals surface area contributed by atoms with E-state index in [4.69, 9.17) is 5.11 Å². The van der Waals surface area contributed by atoms with Crippen molar-refractivity contribution in [2.75, 3.05) is 0 Å². The standard InChI is InChI=1S/C7H8N4O6/c1-4(2-7(12)13)9-6(11(16)17)3-5(8-9)10(14)15/h3-4H,2H2,1H3,(H,12,13). The van der Waals surface area contributed by atoms with E-state index >= 15 is 0 Å². The maximum atomic E-state index is 10.6. The van der Waals surface area contributed by atoms with Crippen LogP contribution in [-0.2, 0) is 4.79 Å². The molecule has 0 saturated heterocycles. The van der Waals surface area contributed by atoms with Crippen LogP contribution in [0.1, 0.15) is 19.4 Å². The van der Waals surface area contributed by atoms with Crippen molar-refractivity contribution in [2.24, 2.45) is 0 Å². The summed E-state index contributed by atoms with van der Waals surface area (Å²) in [7, 11) is 0. The van der Waals surface area contributed by atoms with Gasteiger partial charge in [0.1, 0.15) is 11.2 Å². The summed E-state index contributed by atoms with van der Waals surface area (Å²) in [5, 5.41) is 33.0.